The fourth-order valence-electron chi connectivity index (χ4n) is 3.90. The summed E-state index contributed by atoms with van der Waals surface area (Å²) in [7, 11) is 2.06. The van der Waals surface area contributed by atoms with E-state index in [9.17, 15) is 0 Å². The minimum Gasteiger partial charge on any atom is -0.370 e. The van der Waals surface area contributed by atoms with E-state index in [4.69, 9.17) is 0 Å². The molecule has 0 bridgehead atoms. The highest BCUT2D eigenvalue weighted by Gasteiger charge is 2.26. The molecule has 1 saturated carbocycles. The predicted molar refractivity (Wildman–Crippen MR) is 86.5 cm³/mol. The summed E-state index contributed by atoms with van der Waals surface area (Å²) in [4.78, 5) is 2.68. The number of para-hydroxylation sites is 1. The third kappa shape index (κ3) is 2.85. The van der Waals surface area contributed by atoms with E-state index in [1.54, 1.807) is 16.8 Å². The van der Waals surface area contributed by atoms with E-state index in [0.717, 1.165) is 12.3 Å². The van der Waals surface area contributed by atoms with Crippen molar-refractivity contribution >= 4 is 5.69 Å². The van der Waals surface area contributed by atoms with Gasteiger partial charge in [0.25, 0.3) is 0 Å². The van der Waals surface area contributed by atoms with Gasteiger partial charge in [-0.15, -0.1) is 0 Å². The number of likely N-dealkylation sites (N-methyl/N-ethyl adjacent to an activating group) is 1. The Morgan fingerprint density at radius 3 is 2.85 bits per heavy atom. The van der Waals surface area contributed by atoms with E-state index < -0.39 is 0 Å². The summed E-state index contributed by atoms with van der Waals surface area (Å²) in [6, 6.07) is 7.46. The van der Waals surface area contributed by atoms with Crippen LogP contribution in [0.1, 0.15) is 43.7 Å². The molecule has 0 amide bonds. The lowest BCUT2D eigenvalue weighted by Crippen LogP contribution is -2.29. The molecule has 1 aromatic rings. The zero-order valence-corrected chi connectivity index (χ0v) is 13.0. The second-order valence-corrected chi connectivity index (χ2v) is 6.67. The van der Waals surface area contributed by atoms with Crippen molar-refractivity contribution in [2.24, 2.45) is 5.92 Å². The van der Waals surface area contributed by atoms with Gasteiger partial charge in [0.15, 0.2) is 0 Å². The minimum absolute atomic E-state index is 0.551. The van der Waals surface area contributed by atoms with Crippen LogP contribution in [0, 0.1) is 5.92 Å². The molecule has 1 unspecified atom stereocenters. The molecule has 0 spiro atoms. The average molecular weight is 272 g/mol. The average Bonchev–Trinajstić information content (AvgIpc) is 3.10. The van der Waals surface area contributed by atoms with Crippen LogP contribution in [-0.2, 0) is 12.8 Å². The van der Waals surface area contributed by atoms with Crippen LogP contribution in [0.2, 0.25) is 0 Å². The zero-order chi connectivity index (χ0) is 13.9. The lowest BCUT2D eigenvalue weighted by molar-refractivity contribution is 0.536. The second kappa shape index (κ2) is 6.17. The van der Waals surface area contributed by atoms with E-state index in [2.05, 4.69) is 42.4 Å². The lowest BCUT2D eigenvalue weighted by atomic mass is 10.0. The molecule has 1 heterocycles. The van der Waals surface area contributed by atoms with Gasteiger partial charge in [-0.3, -0.25) is 0 Å². The van der Waals surface area contributed by atoms with Gasteiger partial charge in [-0.1, -0.05) is 31.0 Å². The summed E-state index contributed by atoms with van der Waals surface area (Å²) in [5, 5.41) is 3.37. The molecule has 20 heavy (non-hydrogen) atoms. The fourth-order valence-corrected chi connectivity index (χ4v) is 3.90. The van der Waals surface area contributed by atoms with Crippen LogP contribution in [0.25, 0.3) is 0 Å². The van der Waals surface area contributed by atoms with Gasteiger partial charge >= 0.3 is 0 Å². The molecule has 1 aliphatic carbocycles. The molecule has 2 aliphatic rings. The van der Waals surface area contributed by atoms with Crippen molar-refractivity contribution < 1.29 is 0 Å². The summed E-state index contributed by atoms with van der Waals surface area (Å²) in [5.41, 5.74) is 4.69. The van der Waals surface area contributed by atoms with Gasteiger partial charge in [-0.2, -0.15) is 0 Å². The maximum atomic E-state index is 3.37. The molecule has 110 valence electrons. The Morgan fingerprint density at radius 2 is 2.10 bits per heavy atom. The number of hydrogen-bond donors (Lipinski definition) is 1. The first-order valence-electron chi connectivity index (χ1n) is 8.31. The molecule has 3 rings (SSSR count). The number of anilines is 1. The molecule has 1 aromatic carbocycles. The number of rotatable bonds is 5. The van der Waals surface area contributed by atoms with E-state index in [1.165, 1.54) is 45.2 Å². The Kier molecular flexibility index (Phi) is 4.30. The Bertz CT molecular complexity index is 449. The highest BCUT2D eigenvalue weighted by molar-refractivity contribution is 5.63. The van der Waals surface area contributed by atoms with Crippen molar-refractivity contribution in [2.45, 2.75) is 51.5 Å². The van der Waals surface area contributed by atoms with Gasteiger partial charge in [0.1, 0.15) is 0 Å². The van der Waals surface area contributed by atoms with Crippen molar-refractivity contribution in [3.63, 3.8) is 0 Å². The van der Waals surface area contributed by atoms with E-state index in [0.29, 0.717) is 6.04 Å². The van der Waals surface area contributed by atoms with E-state index in [1.807, 2.05) is 0 Å². The van der Waals surface area contributed by atoms with Crippen molar-refractivity contribution in [1.82, 2.24) is 5.32 Å². The largest absolute Gasteiger partial charge is 0.370 e. The summed E-state index contributed by atoms with van der Waals surface area (Å²) >= 11 is 0. The van der Waals surface area contributed by atoms with Gasteiger partial charge in [-0.05, 0) is 56.7 Å². The minimum atomic E-state index is 0.551. The van der Waals surface area contributed by atoms with E-state index in [-0.39, 0.29) is 0 Å². The van der Waals surface area contributed by atoms with E-state index >= 15 is 0 Å². The van der Waals surface area contributed by atoms with Crippen LogP contribution in [0.4, 0.5) is 5.69 Å². The van der Waals surface area contributed by atoms with Crippen molar-refractivity contribution in [3.8, 4) is 0 Å². The molecule has 2 heteroatoms. The first-order chi connectivity index (χ1) is 9.78. The quantitative estimate of drug-likeness (QED) is 0.884. The third-order valence-corrected chi connectivity index (χ3v) is 5.14. The van der Waals surface area contributed by atoms with Crippen molar-refractivity contribution in [1.29, 1.82) is 0 Å². The fraction of sp³-hybridized carbons (Fsp3) is 0.667. The Balaban J connectivity index is 1.78. The molecule has 0 radical (unpaired) electrons. The Morgan fingerprint density at radius 1 is 1.30 bits per heavy atom. The standard InChI is InChI=1S/C18H28N2/c1-14(19-2)12-17-9-5-8-16-10-11-20(18(16)17)13-15-6-3-4-7-15/h5,8-9,14-15,19H,3-4,6-7,10-13H2,1-2H3. The summed E-state index contributed by atoms with van der Waals surface area (Å²) in [6.45, 7) is 4.80. The van der Waals surface area contributed by atoms with Crippen LogP contribution in [0.3, 0.4) is 0 Å². The van der Waals surface area contributed by atoms with Crippen LogP contribution >= 0.6 is 0 Å². The van der Waals surface area contributed by atoms with Gasteiger partial charge in [-0.25, -0.2) is 0 Å². The molecule has 1 atom stereocenters. The number of fused-ring (bicyclic) bond motifs is 1. The van der Waals surface area contributed by atoms with Gasteiger partial charge in [0.05, 0.1) is 0 Å². The molecule has 0 saturated heterocycles. The Labute approximate surface area is 123 Å². The van der Waals surface area contributed by atoms with Gasteiger partial charge < -0.3 is 10.2 Å². The predicted octanol–water partition coefficient (Wildman–Crippen LogP) is 3.39. The first-order valence-corrected chi connectivity index (χ1v) is 8.31. The smallest absolute Gasteiger partial charge is 0.0432 e. The normalized spacial score (nSPS) is 20.4. The second-order valence-electron chi connectivity index (χ2n) is 6.67. The molecule has 1 N–H and O–H groups in total. The van der Waals surface area contributed by atoms with Crippen molar-refractivity contribution in [2.75, 3.05) is 25.0 Å². The van der Waals surface area contributed by atoms with Crippen molar-refractivity contribution in [3.05, 3.63) is 29.3 Å². The van der Waals surface area contributed by atoms with Crippen LogP contribution in [-0.4, -0.2) is 26.2 Å². The van der Waals surface area contributed by atoms with Crippen LogP contribution in [0.5, 0.6) is 0 Å². The third-order valence-electron chi connectivity index (χ3n) is 5.14. The molecular weight excluding hydrogens is 244 g/mol. The van der Waals surface area contributed by atoms with Gasteiger partial charge in [0, 0.05) is 24.8 Å². The SMILES string of the molecule is CNC(C)Cc1cccc2c1N(CC1CCCC1)CC2. The molecule has 2 nitrogen and oxygen atoms in total. The summed E-state index contributed by atoms with van der Waals surface area (Å²) < 4.78 is 0. The highest BCUT2D eigenvalue weighted by atomic mass is 15.2. The maximum absolute atomic E-state index is 3.37. The monoisotopic (exact) mass is 272 g/mol. The highest BCUT2D eigenvalue weighted by Crippen LogP contribution is 2.35. The Hall–Kier alpha value is -1.02. The summed E-state index contributed by atoms with van der Waals surface area (Å²) in [6.07, 6.45) is 8.17. The number of hydrogen-bond acceptors (Lipinski definition) is 2. The summed E-state index contributed by atoms with van der Waals surface area (Å²) in [5.74, 6) is 0.940. The topological polar surface area (TPSA) is 15.3 Å². The first kappa shape index (κ1) is 13.9. The lowest BCUT2D eigenvalue weighted by Gasteiger charge is -2.26. The maximum Gasteiger partial charge on any atom is 0.0432 e. The van der Waals surface area contributed by atoms with Crippen LogP contribution in [0.15, 0.2) is 18.2 Å². The number of nitrogens with one attached hydrogen (secondary N) is 1. The molecule has 1 fully saturated rings. The molecule has 0 aromatic heterocycles. The van der Waals surface area contributed by atoms with Crippen LogP contribution < -0.4 is 10.2 Å². The molecule has 1 aliphatic heterocycles. The number of nitrogens with zero attached hydrogens (tertiary/aromatic N) is 1. The molecular formula is C18H28N2. The zero-order valence-electron chi connectivity index (χ0n) is 13.0. The number of benzene rings is 1. The van der Waals surface area contributed by atoms with Gasteiger partial charge in [0.2, 0.25) is 0 Å².